The number of hydrogen-bond donors (Lipinski definition) is 3. The molecule has 0 bridgehead atoms. The lowest BCUT2D eigenvalue weighted by Gasteiger charge is -2.29. The van der Waals surface area contributed by atoms with Crippen LogP contribution in [0.15, 0.2) is 47.9 Å². The van der Waals surface area contributed by atoms with Crippen LogP contribution in [0.5, 0.6) is 0 Å². The maximum atomic E-state index is 12.7. The third-order valence-electron chi connectivity index (χ3n) is 4.12. The number of amides is 2. The molecule has 1 aliphatic rings. The molecule has 156 valence electrons. The maximum Gasteiger partial charge on any atom is 0.361 e. The van der Waals surface area contributed by atoms with Crippen LogP contribution in [0.25, 0.3) is 0 Å². The molecular weight excluding hydrogens is 414 g/mol. The van der Waals surface area contributed by atoms with Crippen molar-refractivity contribution in [1.82, 2.24) is 20.6 Å². The summed E-state index contributed by atoms with van der Waals surface area (Å²) in [6.07, 6.45) is 2.62. The normalized spacial score (nSPS) is 15.8. The van der Waals surface area contributed by atoms with Gasteiger partial charge in [0.05, 0.1) is 23.9 Å². The van der Waals surface area contributed by atoms with Crippen molar-refractivity contribution >= 4 is 35.4 Å². The second-order valence-corrected chi connectivity index (χ2v) is 6.50. The highest BCUT2D eigenvalue weighted by Crippen LogP contribution is 2.29. The number of ether oxygens (including phenoxy) is 2. The number of urea groups is 1. The molecule has 2 amide bonds. The predicted octanol–water partition coefficient (Wildman–Crippen LogP) is 1.74. The van der Waals surface area contributed by atoms with E-state index in [2.05, 4.69) is 20.6 Å². The van der Waals surface area contributed by atoms with Crippen molar-refractivity contribution in [2.24, 2.45) is 0 Å². The van der Waals surface area contributed by atoms with Crippen LogP contribution in [-0.2, 0) is 14.3 Å². The summed E-state index contributed by atoms with van der Waals surface area (Å²) in [7, 11) is 0. The van der Waals surface area contributed by atoms with Crippen molar-refractivity contribution in [3.8, 4) is 0 Å². The molecular formula is C19H18ClN5O5. The van der Waals surface area contributed by atoms with E-state index in [1.54, 1.807) is 31.2 Å². The first-order valence-electron chi connectivity index (χ1n) is 8.87. The minimum absolute atomic E-state index is 0.0768. The molecule has 1 aromatic carbocycles. The van der Waals surface area contributed by atoms with Crippen molar-refractivity contribution in [3.05, 3.63) is 64.2 Å². The van der Waals surface area contributed by atoms with Gasteiger partial charge < -0.3 is 25.8 Å². The first kappa shape index (κ1) is 21.1. The van der Waals surface area contributed by atoms with E-state index in [4.69, 9.17) is 26.8 Å². The van der Waals surface area contributed by atoms with E-state index in [-0.39, 0.29) is 29.4 Å². The van der Waals surface area contributed by atoms with Gasteiger partial charge in [-0.15, -0.1) is 0 Å². The van der Waals surface area contributed by atoms with Gasteiger partial charge in [-0.1, -0.05) is 23.7 Å². The third kappa shape index (κ3) is 4.66. The Morgan fingerprint density at radius 1 is 1.13 bits per heavy atom. The number of rotatable bonds is 6. The van der Waals surface area contributed by atoms with Crippen molar-refractivity contribution in [1.29, 1.82) is 0 Å². The molecule has 11 heteroatoms. The molecule has 0 aliphatic carbocycles. The van der Waals surface area contributed by atoms with Gasteiger partial charge in [-0.05, 0) is 24.6 Å². The Morgan fingerprint density at radius 2 is 1.83 bits per heavy atom. The monoisotopic (exact) mass is 431 g/mol. The van der Waals surface area contributed by atoms with Crippen LogP contribution >= 0.6 is 11.6 Å². The van der Waals surface area contributed by atoms with Gasteiger partial charge in [-0.25, -0.2) is 24.4 Å². The Morgan fingerprint density at radius 3 is 2.50 bits per heavy atom. The lowest BCUT2D eigenvalue weighted by molar-refractivity contribution is -0.139. The largest absolute Gasteiger partial charge is 0.463 e. The Balaban J connectivity index is 1.93. The number of aromatic nitrogens is 2. The zero-order valence-corrected chi connectivity index (χ0v) is 16.6. The Labute approximate surface area is 176 Å². The minimum Gasteiger partial charge on any atom is -0.463 e. The molecule has 1 aromatic heterocycles. The number of carbonyl (C=O) groups is 3. The van der Waals surface area contributed by atoms with E-state index in [1.807, 2.05) is 0 Å². The van der Waals surface area contributed by atoms with E-state index < -0.39 is 30.6 Å². The molecule has 0 spiro atoms. The number of carbonyl (C=O) groups excluding carboxylic acids is 3. The minimum atomic E-state index is -0.855. The predicted molar refractivity (Wildman–Crippen MR) is 106 cm³/mol. The lowest BCUT2D eigenvalue weighted by Crippen LogP contribution is -2.47. The van der Waals surface area contributed by atoms with Crippen LogP contribution in [0.1, 0.15) is 29.0 Å². The Bertz CT molecular complexity index is 1010. The van der Waals surface area contributed by atoms with E-state index in [1.165, 1.54) is 12.4 Å². The molecule has 4 N–H and O–H groups in total. The molecule has 2 aromatic rings. The molecule has 0 saturated carbocycles. The van der Waals surface area contributed by atoms with Crippen molar-refractivity contribution in [2.75, 3.05) is 18.9 Å². The van der Waals surface area contributed by atoms with Gasteiger partial charge in [0.25, 0.3) is 0 Å². The highest BCUT2D eigenvalue weighted by atomic mass is 35.5. The van der Waals surface area contributed by atoms with Crippen LogP contribution in [0.2, 0.25) is 5.02 Å². The number of benzene rings is 1. The number of halogens is 1. The van der Waals surface area contributed by atoms with Crippen LogP contribution < -0.4 is 16.4 Å². The summed E-state index contributed by atoms with van der Waals surface area (Å²) in [5, 5.41) is 5.66. The Kier molecular flexibility index (Phi) is 6.48. The quantitative estimate of drug-likeness (QED) is 0.586. The van der Waals surface area contributed by atoms with E-state index in [9.17, 15) is 14.4 Å². The van der Waals surface area contributed by atoms with Crippen molar-refractivity contribution in [2.45, 2.75) is 13.0 Å². The summed E-state index contributed by atoms with van der Waals surface area (Å²) < 4.78 is 10.3. The molecule has 2 heterocycles. The van der Waals surface area contributed by atoms with Crippen LogP contribution in [-0.4, -0.2) is 41.2 Å². The van der Waals surface area contributed by atoms with E-state index in [0.29, 0.717) is 10.6 Å². The number of anilines is 1. The highest BCUT2D eigenvalue weighted by molar-refractivity contribution is 6.30. The SMILES string of the molecule is CCOC(=O)C1=C(COC(=O)c2nccnc2N)NC(=O)NC1c1ccc(Cl)cc1. The molecule has 1 atom stereocenters. The molecule has 10 nitrogen and oxygen atoms in total. The smallest absolute Gasteiger partial charge is 0.361 e. The van der Waals surface area contributed by atoms with Crippen LogP contribution in [0, 0.1) is 0 Å². The van der Waals surface area contributed by atoms with Gasteiger partial charge in [0, 0.05) is 17.4 Å². The Hall–Kier alpha value is -3.66. The average molecular weight is 432 g/mol. The summed E-state index contributed by atoms with van der Waals surface area (Å²) in [4.78, 5) is 44.8. The van der Waals surface area contributed by atoms with Crippen molar-refractivity contribution < 1.29 is 23.9 Å². The lowest BCUT2D eigenvalue weighted by atomic mass is 9.95. The molecule has 0 fully saturated rings. The van der Waals surface area contributed by atoms with Gasteiger partial charge in [0.15, 0.2) is 11.5 Å². The second-order valence-electron chi connectivity index (χ2n) is 6.06. The number of hydrogen-bond acceptors (Lipinski definition) is 8. The molecule has 30 heavy (non-hydrogen) atoms. The van der Waals surface area contributed by atoms with Crippen LogP contribution in [0.3, 0.4) is 0 Å². The van der Waals surface area contributed by atoms with Gasteiger partial charge in [-0.2, -0.15) is 0 Å². The summed E-state index contributed by atoms with van der Waals surface area (Å²) >= 11 is 5.93. The standard InChI is InChI=1S/C19H18ClN5O5/c1-2-29-17(26)13-12(9-30-18(27)15-16(21)23-8-7-22-15)24-19(28)25-14(13)10-3-5-11(20)6-4-10/h3-8,14H,2,9H2,1H3,(H2,21,23)(H2,24,25,28). The van der Waals surface area contributed by atoms with E-state index in [0.717, 1.165) is 0 Å². The molecule has 0 saturated heterocycles. The maximum absolute atomic E-state index is 12.7. The number of esters is 2. The fourth-order valence-electron chi connectivity index (χ4n) is 2.80. The summed E-state index contributed by atoms with van der Waals surface area (Å²) in [5.74, 6) is -1.63. The van der Waals surface area contributed by atoms with Gasteiger partial charge in [-0.3, -0.25) is 0 Å². The molecule has 0 radical (unpaired) electrons. The van der Waals surface area contributed by atoms with Crippen LogP contribution in [0.4, 0.5) is 10.6 Å². The summed E-state index contributed by atoms with van der Waals surface area (Å²) in [5.41, 5.74) is 6.22. The summed E-state index contributed by atoms with van der Waals surface area (Å²) in [6, 6.07) is 5.19. The second kappa shape index (κ2) is 9.23. The first-order valence-corrected chi connectivity index (χ1v) is 9.25. The number of nitrogens with two attached hydrogens (primary N) is 1. The van der Waals surface area contributed by atoms with Gasteiger partial charge in [0.2, 0.25) is 0 Å². The molecule has 1 unspecified atom stereocenters. The van der Waals surface area contributed by atoms with E-state index >= 15 is 0 Å². The first-order chi connectivity index (χ1) is 14.4. The molecule has 3 rings (SSSR count). The van der Waals surface area contributed by atoms with Crippen molar-refractivity contribution in [3.63, 3.8) is 0 Å². The molecule has 1 aliphatic heterocycles. The van der Waals surface area contributed by atoms with Gasteiger partial charge >= 0.3 is 18.0 Å². The fourth-order valence-corrected chi connectivity index (χ4v) is 2.93. The summed E-state index contributed by atoms with van der Waals surface area (Å²) in [6.45, 7) is 1.36. The average Bonchev–Trinajstić information content (AvgIpc) is 2.72. The zero-order chi connectivity index (χ0) is 21.7. The fraction of sp³-hybridized carbons (Fsp3) is 0.211. The van der Waals surface area contributed by atoms with Gasteiger partial charge in [0.1, 0.15) is 6.61 Å². The number of nitrogens with zero attached hydrogens (tertiary/aromatic N) is 2. The number of nitrogen functional groups attached to an aromatic ring is 1. The zero-order valence-electron chi connectivity index (χ0n) is 15.8. The highest BCUT2D eigenvalue weighted by Gasteiger charge is 2.34. The third-order valence-corrected chi connectivity index (χ3v) is 4.37. The topological polar surface area (TPSA) is 146 Å². The number of nitrogens with one attached hydrogen (secondary N) is 2.